The largest absolute Gasteiger partial charge is 1.00 e. The van der Waals surface area contributed by atoms with Crippen LogP contribution in [0.25, 0.3) is 0 Å². The number of carboxylic acid groups (broad SMARTS) is 2. The minimum Gasteiger partial charge on any atom is -0.862 e. The smallest absolute Gasteiger partial charge is 0.862 e. The Morgan fingerprint density at radius 2 is 1.33 bits per heavy atom. The van der Waals surface area contributed by atoms with Crippen LogP contribution in [0.15, 0.2) is 9.98 Å². The van der Waals surface area contributed by atoms with Crippen molar-refractivity contribution in [2.75, 3.05) is 6.61 Å². The van der Waals surface area contributed by atoms with Gasteiger partial charge in [0.2, 0.25) is 5.91 Å². The number of ether oxygens (including phenoxy) is 1. The summed E-state index contributed by atoms with van der Waals surface area (Å²) in [5, 5.41) is 84.5. The molecule has 0 saturated carbocycles. The average Bonchev–Trinajstić information content (AvgIpc) is 2.98. The zero-order valence-electron chi connectivity index (χ0n) is 27.4. The van der Waals surface area contributed by atoms with Crippen LogP contribution in [0, 0.1) is 0 Å². The van der Waals surface area contributed by atoms with Gasteiger partial charge < -0.3 is 50.9 Å². The van der Waals surface area contributed by atoms with Crippen molar-refractivity contribution in [3.63, 3.8) is 0 Å². The van der Waals surface area contributed by atoms with Crippen LogP contribution in [0.4, 0.5) is 0 Å². The van der Waals surface area contributed by atoms with Gasteiger partial charge in [-0.25, -0.2) is 4.79 Å². The molecule has 1 aliphatic rings. The normalized spacial score (nSPS) is 23.0. The van der Waals surface area contributed by atoms with Gasteiger partial charge in [-0.1, -0.05) is 71.1 Å². The number of carbonyl (C=O) groups is 3. The van der Waals surface area contributed by atoms with Crippen molar-refractivity contribution >= 4 is 29.6 Å². The predicted octanol–water partition coefficient (Wildman–Crippen LogP) is -6.79. The molecule has 0 spiro atoms. The summed E-state index contributed by atoms with van der Waals surface area (Å²) in [6, 6.07) is -2.74. The van der Waals surface area contributed by atoms with Gasteiger partial charge >= 0.3 is 71.1 Å². The Kier molecular flexibility index (Phi) is 27.8. The number of hydrogen-bond donors (Lipinski definition) is 7. The van der Waals surface area contributed by atoms with Crippen LogP contribution in [0.1, 0.15) is 103 Å². The van der Waals surface area contributed by atoms with Crippen LogP contribution in [-0.4, -0.2) is 110 Å². The molecule has 17 heteroatoms. The summed E-state index contributed by atoms with van der Waals surface area (Å²) in [6.07, 6.45) is 0.706. The predicted molar refractivity (Wildman–Crippen MR) is 155 cm³/mol. The number of nitrogens with one attached hydrogen (secondary N) is 1. The van der Waals surface area contributed by atoms with E-state index in [-0.39, 0.29) is 72.0 Å². The van der Waals surface area contributed by atoms with E-state index in [1.807, 2.05) is 0 Å². The molecule has 1 aliphatic heterocycles. The molecule has 15 nitrogen and oxygen atoms in total. The minimum atomic E-state index is -1.76. The number of aliphatic carboxylic acids is 2. The van der Waals surface area contributed by atoms with Crippen LogP contribution in [0.3, 0.4) is 0 Å². The van der Waals surface area contributed by atoms with Crippen molar-refractivity contribution in [2.24, 2.45) is 9.98 Å². The van der Waals surface area contributed by atoms with Gasteiger partial charge in [0.15, 0.2) is 6.23 Å². The molecule has 0 aromatic carbocycles. The van der Waals surface area contributed by atoms with E-state index in [9.17, 15) is 50.1 Å². The number of carboxylic acids is 2. The molecule has 7 atom stereocenters. The summed E-state index contributed by atoms with van der Waals surface area (Å²) in [5.41, 5.74) is 0. The fourth-order valence-corrected chi connectivity index (χ4v) is 4.72. The van der Waals surface area contributed by atoms with E-state index in [0.29, 0.717) is 6.42 Å². The summed E-state index contributed by atoms with van der Waals surface area (Å²) in [4.78, 5) is 42.9. The van der Waals surface area contributed by atoms with E-state index in [1.165, 1.54) is 25.7 Å². The maximum atomic E-state index is 12.9. The molecule has 254 valence electrons. The number of nitrogens with zero attached hydrogens (tertiary/aromatic N) is 2. The number of amides is 1. The van der Waals surface area contributed by atoms with Crippen LogP contribution >= 0.6 is 0 Å². The third kappa shape index (κ3) is 19.2. The molecule has 0 aliphatic carbocycles. The van der Waals surface area contributed by atoms with Gasteiger partial charge in [0.1, 0.15) is 36.5 Å². The topological polar surface area (TPSA) is 265 Å². The number of carbonyl (C=O) groups excluding carboxylic acids is 1. The molecule has 0 aromatic heterocycles. The van der Waals surface area contributed by atoms with E-state index in [2.05, 4.69) is 22.2 Å². The number of aliphatic imine (C=N–C) groups is 2. The second kappa shape index (κ2) is 27.0. The molecule has 1 rings (SSSR count). The van der Waals surface area contributed by atoms with Crippen LogP contribution in [0.5, 0.6) is 0 Å². The van der Waals surface area contributed by atoms with Crippen LogP contribution < -0.4 is 74.6 Å². The molecule has 0 aromatic rings. The van der Waals surface area contributed by atoms with E-state index in [4.69, 9.17) is 9.84 Å². The number of hydrogen-bond acceptors (Lipinski definition) is 12. The quantitative estimate of drug-likeness (QED) is 0.0230. The zero-order valence-corrected chi connectivity index (χ0v) is 31.4. The standard InChI is InChI=1S/C29H51N3O12.2Na/c1-2-3-4-5-6-7-8-9-10-11-12-18(27(41)31-19(29(42)43)13-16-23(36)37)30-21(34)14-15-22(35)32-28-26(40)25(39)24(38)20(17-33)44-28;;/h18-20,24-26,28,33,38-40H,2-17H2,1H3,(H,30,34)(H,31,41)(H,32,35)(H,36,37)(H,42,43);;/q;2*+1/p-2/t18-,19-,20+,24+,25-,26+,28+;;/m0../s1. The minimum absolute atomic E-state index is 0. The molecular formula is C29H49N3Na2O12. The van der Waals surface area contributed by atoms with E-state index >= 15 is 0 Å². The third-order valence-electron chi connectivity index (χ3n) is 7.39. The second-order valence-electron chi connectivity index (χ2n) is 11.1. The first-order chi connectivity index (χ1) is 20.9. The molecule has 0 unspecified atom stereocenters. The van der Waals surface area contributed by atoms with Gasteiger partial charge in [-0.2, -0.15) is 0 Å². The van der Waals surface area contributed by atoms with Crippen molar-refractivity contribution in [3.8, 4) is 0 Å². The molecular weight excluding hydrogens is 628 g/mol. The molecule has 1 heterocycles. The molecule has 1 fully saturated rings. The van der Waals surface area contributed by atoms with Crippen molar-refractivity contribution < 1.29 is 119 Å². The number of aliphatic hydroxyl groups excluding tert-OH is 4. The monoisotopic (exact) mass is 677 g/mol. The molecule has 0 bridgehead atoms. The summed E-state index contributed by atoms with van der Waals surface area (Å²) < 4.78 is 5.15. The Bertz CT molecular complexity index is 941. The molecule has 1 saturated heterocycles. The summed E-state index contributed by atoms with van der Waals surface area (Å²) in [6.45, 7) is 1.46. The molecule has 1 amide bonds. The fraction of sp³-hybridized carbons (Fsp3) is 0.828. The first-order valence-corrected chi connectivity index (χ1v) is 15.4. The number of unbranched alkanes of at least 4 members (excludes halogenated alkanes) is 9. The van der Waals surface area contributed by atoms with Gasteiger partial charge in [0, 0.05) is 6.42 Å². The first-order valence-electron chi connectivity index (χ1n) is 15.4. The van der Waals surface area contributed by atoms with Crippen molar-refractivity contribution in [1.29, 1.82) is 0 Å². The van der Waals surface area contributed by atoms with Gasteiger partial charge in [-0.3, -0.25) is 19.6 Å². The summed E-state index contributed by atoms with van der Waals surface area (Å²) in [5.74, 6) is -5.22. The number of rotatable bonds is 23. The number of aliphatic hydroxyl groups is 4. The maximum absolute atomic E-state index is 12.9. The van der Waals surface area contributed by atoms with E-state index < -0.39 is 98.2 Å². The summed E-state index contributed by atoms with van der Waals surface area (Å²) in [7, 11) is 0. The second-order valence-corrected chi connectivity index (χ2v) is 11.1. The van der Waals surface area contributed by atoms with E-state index in [0.717, 1.165) is 32.1 Å². The molecule has 46 heavy (non-hydrogen) atoms. The van der Waals surface area contributed by atoms with Crippen molar-refractivity contribution in [2.45, 2.75) is 146 Å². The molecule has 0 radical (unpaired) electrons. The first kappa shape index (κ1) is 47.3. The van der Waals surface area contributed by atoms with Crippen LogP contribution in [-0.2, 0) is 19.1 Å². The third-order valence-corrected chi connectivity index (χ3v) is 7.39. The molecule has 7 N–H and O–H groups in total. The van der Waals surface area contributed by atoms with Crippen LogP contribution in [0.2, 0.25) is 0 Å². The fourth-order valence-electron chi connectivity index (χ4n) is 4.72. The Morgan fingerprint density at radius 1 is 0.783 bits per heavy atom. The SMILES string of the molecule is CCCCCCCCCCCC[C@H](N=C([O-])CCC([O-])=N[C@@H]1O[C@H](CO)[C@@H](O)[C@H](O)[C@H]1O)C(=O)N[C@@H](CCC(=O)O)C(=O)O.[Na+].[Na+]. The van der Waals surface area contributed by atoms with Crippen molar-refractivity contribution in [3.05, 3.63) is 0 Å². The van der Waals surface area contributed by atoms with Gasteiger partial charge in [-0.05, 0) is 37.5 Å². The van der Waals surface area contributed by atoms with Crippen molar-refractivity contribution in [1.82, 2.24) is 5.32 Å². The Hall–Kier alpha value is -0.850. The average molecular weight is 678 g/mol. The Labute approximate surface area is 314 Å². The zero-order chi connectivity index (χ0) is 33.1. The Morgan fingerprint density at radius 3 is 1.85 bits per heavy atom. The Balaban J connectivity index is 0. The maximum Gasteiger partial charge on any atom is 1.00 e. The summed E-state index contributed by atoms with van der Waals surface area (Å²) >= 11 is 0. The van der Waals surface area contributed by atoms with Gasteiger partial charge in [0.05, 0.1) is 6.61 Å². The van der Waals surface area contributed by atoms with Gasteiger partial charge in [0.25, 0.3) is 0 Å². The van der Waals surface area contributed by atoms with E-state index in [1.54, 1.807) is 0 Å². The van der Waals surface area contributed by atoms with Gasteiger partial charge in [-0.15, -0.1) is 0 Å².